The van der Waals surface area contributed by atoms with Crippen LogP contribution < -0.4 is 0 Å². The van der Waals surface area contributed by atoms with E-state index in [9.17, 15) is 9.90 Å². The third kappa shape index (κ3) is 5.54. The molecular weight excluding hydrogens is 302 g/mol. The summed E-state index contributed by atoms with van der Waals surface area (Å²) in [5.41, 5.74) is 1.01. The average molecular weight is 325 g/mol. The summed E-state index contributed by atoms with van der Waals surface area (Å²) in [6.07, 6.45) is 1.74. The fourth-order valence-corrected chi connectivity index (χ4v) is 2.24. The predicted octanol–water partition coefficient (Wildman–Crippen LogP) is 4.28. The summed E-state index contributed by atoms with van der Waals surface area (Å²) in [5.74, 6) is -0.142. The fourth-order valence-electron chi connectivity index (χ4n) is 2.24. The first-order valence-corrected chi connectivity index (χ1v) is 7.93. The van der Waals surface area contributed by atoms with Crippen molar-refractivity contribution in [2.75, 3.05) is 0 Å². The molecule has 0 heterocycles. The van der Waals surface area contributed by atoms with Crippen LogP contribution in [0, 0.1) is 0 Å². The van der Waals surface area contributed by atoms with E-state index in [0.717, 1.165) is 5.56 Å². The number of hydrogen-bond donors (Lipinski definition) is 1. The summed E-state index contributed by atoms with van der Waals surface area (Å²) >= 11 is 0. The van der Waals surface area contributed by atoms with Gasteiger partial charge in [0, 0.05) is 11.8 Å². The molecule has 0 bridgehead atoms. The molecule has 2 rings (SSSR count). The maximum absolute atomic E-state index is 12.2. The molecule has 4 nitrogen and oxygen atoms in total. The normalized spacial score (nSPS) is 13.0. The Bertz CT molecular complexity index is 702. The fraction of sp³-hybridized carbons (Fsp3) is 0.300. The second kappa shape index (κ2) is 7.77. The standard InChI is InChI=1S/C20H23NO3/c1-20(2,3)24-19(23)13-17(15-9-5-4-6-10-15)21-14-16-11-7-8-12-18(16)22/h4-12,14,17,22H,13H2,1-3H3/t17-/m0/s1. The van der Waals surface area contributed by atoms with Crippen LogP contribution in [0.5, 0.6) is 5.75 Å². The van der Waals surface area contributed by atoms with Gasteiger partial charge in [0.15, 0.2) is 0 Å². The molecule has 0 aliphatic carbocycles. The predicted molar refractivity (Wildman–Crippen MR) is 95.3 cm³/mol. The lowest BCUT2D eigenvalue weighted by molar-refractivity contribution is -0.155. The largest absolute Gasteiger partial charge is 0.507 e. The van der Waals surface area contributed by atoms with Crippen LogP contribution in [0.15, 0.2) is 59.6 Å². The van der Waals surface area contributed by atoms with E-state index >= 15 is 0 Å². The Hall–Kier alpha value is -2.62. The van der Waals surface area contributed by atoms with Crippen molar-refractivity contribution >= 4 is 12.2 Å². The van der Waals surface area contributed by atoms with E-state index in [0.29, 0.717) is 5.56 Å². The van der Waals surface area contributed by atoms with Crippen LogP contribution in [0.3, 0.4) is 0 Å². The molecule has 0 aliphatic rings. The number of aliphatic imine (C=N–C) groups is 1. The van der Waals surface area contributed by atoms with Gasteiger partial charge in [-0.15, -0.1) is 0 Å². The number of ether oxygens (including phenoxy) is 1. The van der Waals surface area contributed by atoms with Gasteiger partial charge in [0.25, 0.3) is 0 Å². The quantitative estimate of drug-likeness (QED) is 0.659. The van der Waals surface area contributed by atoms with Gasteiger partial charge in [-0.25, -0.2) is 0 Å². The molecule has 126 valence electrons. The Kier molecular flexibility index (Phi) is 5.74. The first-order chi connectivity index (χ1) is 11.3. The van der Waals surface area contributed by atoms with Crippen molar-refractivity contribution in [1.82, 2.24) is 0 Å². The van der Waals surface area contributed by atoms with E-state index in [-0.39, 0.29) is 24.2 Å². The number of rotatable bonds is 5. The smallest absolute Gasteiger partial charge is 0.308 e. The minimum atomic E-state index is -0.528. The van der Waals surface area contributed by atoms with E-state index in [1.54, 1.807) is 24.4 Å². The average Bonchev–Trinajstić information content (AvgIpc) is 2.52. The van der Waals surface area contributed by atoms with Crippen LogP contribution >= 0.6 is 0 Å². The van der Waals surface area contributed by atoms with Crippen molar-refractivity contribution in [1.29, 1.82) is 0 Å². The Morgan fingerprint density at radius 2 is 1.75 bits per heavy atom. The summed E-state index contributed by atoms with van der Waals surface area (Å²) < 4.78 is 5.40. The van der Waals surface area contributed by atoms with E-state index in [1.165, 1.54) is 0 Å². The lowest BCUT2D eigenvalue weighted by Crippen LogP contribution is -2.24. The van der Waals surface area contributed by atoms with E-state index in [1.807, 2.05) is 57.2 Å². The highest BCUT2D eigenvalue weighted by molar-refractivity contribution is 5.83. The molecule has 2 aromatic carbocycles. The lowest BCUT2D eigenvalue weighted by Gasteiger charge is -2.21. The van der Waals surface area contributed by atoms with Crippen LogP contribution in [0.2, 0.25) is 0 Å². The number of hydrogen-bond acceptors (Lipinski definition) is 4. The van der Waals surface area contributed by atoms with Gasteiger partial charge in [0.05, 0.1) is 12.5 Å². The van der Waals surface area contributed by atoms with Crippen molar-refractivity contribution in [3.63, 3.8) is 0 Å². The third-order valence-electron chi connectivity index (χ3n) is 3.29. The number of nitrogens with zero attached hydrogens (tertiary/aromatic N) is 1. The van der Waals surface area contributed by atoms with E-state index in [2.05, 4.69) is 4.99 Å². The van der Waals surface area contributed by atoms with Crippen molar-refractivity contribution < 1.29 is 14.6 Å². The van der Waals surface area contributed by atoms with Gasteiger partial charge in [-0.1, -0.05) is 42.5 Å². The molecule has 0 amide bonds. The molecular formula is C20H23NO3. The molecule has 24 heavy (non-hydrogen) atoms. The topological polar surface area (TPSA) is 58.9 Å². The monoisotopic (exact) mass is 325 g/mol. The summed E-state index contributed by atoms with van der Waals surface area (Å²) in [4.78, 5) is 16.7. The van der Waals surface area contributed by atoms with Gasteiger partial charge >= 0.3 is 5.97 Å². The number of phenols is 1. The molecule has 0 unspecified atom stereocenters. The highest BCUT2D eigenvalue weighted by Gasteiger charge is 2.21. The highest BCUT2D eigenvalue weighted by atomic mass is 16.6. The Morgan fingerprint density at radius 3 is 2.38 bits per heavy atom. The minimum Gasteiger partial charge on any atom is -0.507 e. The molecule has 0 aliphatic heterocycles. The number of carbonyl (C=O) groups excluding carboxylic acids is 1. The van der Waals surface area contributed by atoms with Gasteiger partial charge in [-0.2, -0.15) is 0 Å². The zero-order valence-corrected chi connectivity index (χ0v) is 14.3. The summed E-state index contributed by atoms with van der Waals surface area (Å²) in [7, 11) is 0. The second-order valence-corrected chi connectivity index (χ2v) is 6.55. The zero-order chi connectivity index (χ0) is 17.6. The minimum absolute atomic E-state index is 0.144. The van der Waals surface area contributed by atoms with Crippen LogP contribution in [-0.4, -0.2) is 22.9 Å². The van der Waals surface area contributed by atoms with E-state index in [4.69, 9.17) is 4.74 Å². The third-order valence-corrected chi connectivity index (χ3v) is 3.29. The molecule has 0 saturated heterocycles. The van der Waals surface area contributed by atoms with Gasteiger partial charge < -0.3 is 9.84 Å². The van der Waals surface area contributed by atoms with Gasteiger partial charge in [0.2, 0.25) is 0 Å². The molecule has 4 heteroatoms. The molecule has 0 saturated carbocycles. The second-order valence-electron chi connectivity index (χ2n) is 6.55. The Labute approximate surface area is 142 Å². The number of aromatic hydroxyl groups is 1. The summed E-state index contributed by atoms with van der Waals surface area (Å²) in [6, 6.07) is 16.2. The molecule has 1 N–H and O–H groups in total. The van der Waals surface area contributed by atoms with Crippen molar-refractivity contribution in [2.45, 2.75) is 38.8 Å². The Balaban J connectivity index is 2.21. The van der Waals surface area contributed by atoms with Crippen LogP contribution in [0.1, 0.15) is 44.4 Å². The van der Waals surface area contributed by atoms with Crippen molar-refractivity contribution in [2.24, 2.45) is 4.99 Å². The zero-order valence-electron chi connectivity index (χ0n) is 14.3. The maximum atomic E-state index is 12.2. The van der Waals surface area contributed by atoms with Gasteiger partial charge in [-0.3, -0.25) is 9.79 Å². The summed E-state index contributed by atoms with van der Waals surface area (Å²) in [5, 5.41) is 9.85. The van der Waals surface area contributed by atoms with Crippen LogP contribution in [0.4, 0.5) is 0 Å². The molecule has 2 aromatic rings. The molecule has 0 spiro atoms. The number of esters is 1. The first-order valence-electron chi connectivity index (χ1n) is 7.93. The van der Waals surface area contributed by atoms with Crippen molar-refractivity contribution in [3.8, 4) is 5.75 Å². The van der Waals surface area contributed by atoms with Gasteiger partial charge in [-0.05, 0) is 38.5 Å². The van der Waals surface area contributed by atoms with Crippen LogP contribution in [-0.2, 0) is 9.53 Å². The number of benzene rings is 2. The molecule has 0 radical (unpaired) electrons. The molecule has 0 aromatic heterocycles. The molecule has 1 atom stereocenters. The van der Waals surface area contributed by atoms with E-state index < -0.39 is 5.60 Å². The maximum Gasteiger partial charge on any atom is 0.308 e. The lowest BCUT2D eigenvalue weighted by atomic mass is 10.0. The Morgan fingerprint density at radius 1 is 1.12 bits per heavy atom. The van der Waals surface area contributed by atoms with Gasteiger partial charge in [0.1, 0.15) is 11.4 Å². The summed E-state index contributed by atoms with van der Waals surface area (Å²) in [6.45, 7) is 5.52. The first kappa shape index (κ1) is 17.7. The highest BCUT2D eigenvalue weighted by Crippen LogP contribution is 2.24. The number of carbonyl (C=O) groups is 1. The SMILES string of the molecule is CC(C)(C)OC(=O)C[C@H](N=Cc1ccccc1O)c1ccccc1. The number of phenolic OH excluding ortho intramolecular Hbond substituents is 1. The van der Waals surface area contributed by atoms with Crippen LogP contribution in [0.25, 0.3) is 0 Å². The molecule has 0 fully saturated rings. The van der Waals surface area contributed by atoms with Crippen molar-refractivity contribution in [3.05, 3.63) is 65.7 Å². The number of para-hydroxylation sites is 1.